The van der Waals surface area contributed by atoms with Crippen molar-refractivity contribution in [1.29, 1.82) is 0 Å². The van der Waals surface area contributed by atoms with Gasteiger partial charge < -0.3 is 10.6 Å². The number of hydrogen-bond donors (Lipinski definition) is 1. The first-order valence-corrected chi connectivity index (χ1v) is 9.90. The number of amides is 1. The van der Waals surface area contributed by atoms with E-state index in [1.807, 2.05) is 13.8 Å². The van der Waals surface area contributed by atoms with Gasteiger partial charge in [-0.1, -0.05) is 44.2 Å². The molecule has 1 heterocycles. The summed E-state index contributed by atoms with van der Waals surface area (Å²) in [5, 5.41) is 0. The van der Waals surface area contributed by atoms with Gasteiger partial charge in [-0.25, -0.2) is 0 Å². The number of carbonyl (C=O) groups is 1. The van der Waals surface area contributed by atoms with Crippen LogP contribution in [0.3, 0.4) is 0 Å². The van der Waals surface area contributed by atoms with Crippen LogP contribution in [0, 0.1) is 5.92 Å². The van der Waals surface area contributed by atoms with Crippen molar-refractivity contribution in [2.45, 2.75) is 70.6 Å². The molecule has 1 aromatic rings. The maximum atomic E-state index is 12.9. The van der Waals surface area contributed by atoms with E-state index in [1.165, 1.54) is 24.8 Å². The molecule has 1 aromatic carbocycles. The maximum absolute atomic E-state index is 12.9. The Morgan fingerprint density at radius 1 is 1.20 bits per heavy atom. The SMILES string of the molecule is CC(C)[C@H](N)C(=O)N1CCCCC1CN(Cc1ccccc1)C1CC1. The molecule has 0 aromatic heterocycles. The first-order valence-electron chi connectivity index (χ1n) is 9.90. The van der Waals surface area contributed by atoms with Crippen molar-refractivity contribution in [2.24, 2.45) is 11.7 Å². The maximum Gasteiger partial charge on any atom is 0.240 e. The molecule has 3 rings (SSSR count). The molecule has 2 fully saturated rings. The molecule has 1 aliphatic carbocycles. The average Bonchev–Trinajstić information content (AvgIpc) is 3.46. The van der Waals surface area contributed by atoms with Gasteiger partial charge in [-0.3, -0.25) is 9.69 Å². The Hall–Kier alpha value is -1.39. The van der Waals surface area contributed by atoms with E-state index in [9.17, 15) is 4.79 Å². The Bertz CT molecular complexity index is 556. The van der Waals surface area contributed by atoms with Crippen molar-refractivity contribution in [3.05, 3.63) is 35.9 Å². The predicted molar refractivity (Wildman–Crippen MR) is 102 cm³/mol. The lowest BCUT2D eigenvalue weighted by molar-refractivity contribution is -0.137. The third-order valence-electron chi connectivity index (χ3n) is 5.65. The second-order valence-corrected chi connectivity index (χ2v) is 8.10. The van der Waals surface area contributed by atoms with Gasteiger partial charge in [-0.15, -0.1) is 0 Å². The average molecular weight is 344 g/mol. The molecular formula is C21H33N3O. The second-order valence-electron chi connectivity index (χ2n) is 8.10. The van der Waals surface area contributed by atoms with Gasteiger partial charge in [0.05, 0.1) is 6.04 Å². The van der Waals surface area contributed by atoms with Gasteiger partial charge in [0.25, 0.3) is 0 Å². The van der Waals surface area contributed by atoms with Gasteiger partial charge in [0.1, 0.15) is 0 Å². The van der Waals surface area contributed by atoms with Gasteiger partial charge in [-0.2, -0.15) is 0 Å². The first kappa shape index (κ1) is 18.4. The predicted octanol–water partition coefficient (Wildman–Crippen LogP) is 3.02. The number of rotatable bonds is 7. The highest BCUT2D eigenvalue weighted by Gasteiger charge is 2.35. The van der Waals surface area contributed by atoms with Gasteiger partial charge in [0, 0.05) is 31.7 Å². The van der Waals surface area contributed by atoms with Gasteiger partial charge in [0.15, 0.2) is 0 Å². The van der Waals surface area contributed by atoms with Gasteiger partial charge >= 0.3 is 0 Å². The van der Waals surface area contributed by atoms with Crippen LogP contribution in [-0.2, 0) is 11.3 Å². The highest BCUT2D eigenvalue weighted by molar-refractivity contribution is 5.82. The van der Waals surface area contributed by atoms with Crippen molar-refractivity contribution >= 4 is 5.91 Å². The molecule has 138 valence electrons. The topological polar surface area (TPSA) is 49.6 Å². The van der Waals surface area contributed by atoms with Crippen LogP contribution in [-0.4, -0.2) is 46.9 Å². The monoisotopic (exact) mass is 343 g/mol. The standard InChI is InChI=1S/C21H33N3O/c1-16(2)20(22)21(25)24-13-7-6-10-19(24)15-23(18-11-12-18)14-17-8-4-3-5-9-17/h3-5,8-9,16,18-20H,6-7,10-15,22H2,1-2H3/t19?,20-/m0/s1. The fraction of sp³-hybridized carbons (Fsp3) is 0.667. The molecule has 0 spiro atoms. The van der Waals surface area contributed by atoms with Gasteiger partial charge in [-0.05, 0) is 43.6 Å². The normalized spacial score (nSPS) is 22.4. The third-order valence-corrected chi connectivity index (χ3v) is 5.65. The molecule has 2 atom stereocenters. The van der Waals surface area contributed by atoms with Crippen LogP contribution in [0.5, 0.6) is 0 Å². The van der Waals surface area contributed by atoms with E-state index in [1.54, 1.807) is 0 Å². The van der Waals surface area contributed by atoms with E-state index in [0.717, 1.165) is 32.5 Å². The highest BCUT2D eigenvalue weighted by atomic mass is 16.2. The summed E-state index contributed by atoms with van der Waals surface area (Å²) in [4.78, 5) is 17.5. The van der Waals surface area contributed by atoms with E-state index in [4.69, 9.17) is 5.73 Å². The molecule has 0 radical (unpaired) electrons. The van der Waals surface area contributed by atoms with Crippen LogP contribution < -0.4 is 5.73 Å². The molecule has 4 nitrogen and oxygen atoms in total. The Balaban J connectivity index is 1.67. The largest absolute Gasteiger partial charge is 0.337 e. The molecule has 2 N–H and O–H groups in total. The number of nitrogens with zero attached hydrogens (tertiary/aromatic N) is 2. The molecule has 25 heavy (non-hydrogen) atoms. The Labute approximate surface area is 152 Å². The summed E-state index contributed by atoms with van der Waals surface area (Å²) < 4.78 is 0. The molecular weight excluding hydrogens is 310 g/mol. The van der Waals surface area contributed by atoms with Crippen molar-refractivity contribution in [2.75, 3.05) is 13.1 Å². The molecule has 2 aliphatic rings. The Kier molecular flexibility index (Phi) is 6.13. The fourth-order valence-electron chi connectivity index (χ4n) is 3.83. The minimum absolute atomic E-state index is 0.148. The molecule has 1 saturated carbocycles. The zero-order chi connectivity index (χ0) is 17.8. The summed E-state index contributed by atoms with van der Waals surface area (Å²) >= 11 is 0. The van der Waals surface area contributed by atoms with Crippen molar-refractivity contribution in [1.82, 2.24) is 9.80 Å². The number of benzene rings is 1. The number of nitrogens with two attached hydrogens (primary N) is 1. The first-order chi connectivity index (χ1) is 12.1. The van der Waals surface area contributed by atoms with E-state index < -0.39 is 0 Å². The number of likely N-dealkylation sites (tertiary alicyclic amines) is 1. The lowest BCUT2D eigenvalue weighted by Gasteiger charge is -2.40. The van der Waals surface area contributed by atoms with Crippen LogP contribution >= 0.6 is 0 Å². The Morgan fingerprint density at radius 3 is 2.56 bits per heavy atom. The molecule has 1 unspecified atom stereocenters. The van der Waals surface area contributed by atoms with Gasteiger partial charge in [0.2, 0.25) is 5.91 Å². The minimum atomic E-state index is -0.371. The fourth-order valence-corrected chi connectivity index (χ4v) is 3.83. The van der Waals surface area contributed by atoms with Crippen LogP contribution in [0.25, 0.3) is 0 Å². The number of carbonyl (C=O) groups excluding carboxylic acids is 1. The smallest absolute Gasteiger partial charge is 0.240 e. The summed E-state index contributed by atoms with van der Waals surface area (Å²) in [7, 11) is 0. The quantitative estimate of drug-likeness (QED) is 0.828. The van der Waals surface area contributed by atoms with Crippen LogP contribution in [0.15, 0.2) is 30.3 Å². The summed E-state index contributed by atoms with van der Waals surface area (Å²) in [6.45, 7) is 6.91. The van der Waals surface area contributed by atoms with Crippen LogP contribution in [0.4, 0.5) is 0 Å². The summed E-state index contributed by atoms with van der Waals surface area (Å²) in [5.74, 6) is 0.342. The Morgan fingerprint density at radius 2 is 1.92 bits per heavy atom. The van der Waals surface area contributed by atoms with Crippen molar-refractivity contribution in [3.8, 4) is 0 Å². The van der Waals surface area contributed by atoms with Crippen molar-refractivity contribution < 1.29 is 4.79 Å². The zero-order valence-corrected chi connectivity index (χ0v) is 15.7. The minimum Gasteiger partial charge on any atom is -0.337 e. The van der Waals surface area contributed by atoms with E-state index in [2.05, 4.69) is 40.1 Å². The third kappa shape index (κ3) is 4.83. The van der Waals surface area contributed by atoms with Crippen LogP contribution in [0.1, 0.15) is 51.5 Å². The molecule has 4 heteroatoms. The van der Waals surface area contributed by atoms with E-state index >= 15 is 0 Å². The van der Waals surface area contributed by atoms with E-state index in [-0.39, 0.29) is 17.9 Å². The second kappa shape index (κ2) is 8.33. The van der Waals surface area contributed by atoms with Crippen molar-refractivity contribution in [3.63, 3.8) is 0 Å². The number of hydrogen-bond acceptors (Lipinski definition) is 3. The van der Waals surface area contributed by atoms with E-state index in [0.29, 0.717) is 12.1 Å². The lowest BCUT2D eigenvalue weighted by Crippen LogP contribution is -2.55. The summed E-state index contributed by atoms with van der Waals surface area (Å²) in [6, 6.07) is 11.3. The lowest BCUT2D eigenvalue weighted by atomic mass is 9.97. The molecule has 1 amide bonds. The summed E-state index contributed by atoms with van der Waals surface area (Å²) in [5.41, 5.74) is 7.54. The summed E-state index contributed by atoms with van der Waals surface area (Å²) in [6.07, 6.45) is 6.01. The molecule has 1 saturated heterocycles. The zero-order valence-electron chi connectivity index (χ0n) is 15.7. The molecule has 1 aliphatic heterocycles. The highest BCUT2D eigenvalue weighted by Crippen LogP contribution is 2.30. The number of piperidine rings is 1. The molecule has 0 bridgehead atoms. The van der Waals surface area contributed by atoms with Crippen LogP contribution in [0.2, 0.25) is 0 Å².